The monoisotopic (exact) mass is 426 g/mol. The maximum atomic E-state index is 13.1. The van der Waals surface area contributed by atoms with Gasteiger partial charge in [0, 0.05) is 11.3 Å². The van der Waals surface area contributed by atoms with Crippen LogP contribution in [-0.4, -0.2) is 31.1 Å². The Kier molecular flexibility index (Phi) is 5.85. The molecule has 1 N–H and O–H groups in total. The van der Waals surface area contributed by atoms with Gasteiger partial charge in [-0.25, -0.2) is 12.7 Å². The molecule has 0 saturated heterocycles. The summed E-state index contributed by atoms with van der Waals surface area (Å²) in [5.74, 6) is -0.932. The van der Waals surface area contributed by atoms with Gasteiger partial charge in [0.15, 0.2) is 0 Å². The van der Waals surface area contributed by atoms with Crippen LogP contribution in [0.25, 0.3) is 4.91 Å². The van der Waals surface area contributed by atoms with Crippen LogP contribution in [-0.2, 0) is 19.6 Å². The number of hydrogen-bond acceptors (Lipinski definition) is 4. The third-order valence-electron chi connectivity index (χ3n) is 5.22. The second kappa shape index (κ2) is 8.07. The van der Waals surface area contributed by atoms with Gasteiger partial charge in [-0.1, -0.05) is 55.8 Å². The molecule has 0 unspecified atom stereocenters. The predicted octanol–water partition coefficient (Wildman–Crippen LogP) is 3.97. The quantitative estimate of drug-likeness (QED) is 0.784. The summed E-state index contributed by atoms with van der Waals surface area (Å²) in [6.07, 6.45) is 0. The number of hydrogen-bond donors (Lipinski definition) is 1. The number of amides is 2. The average molecular weight is 427 g/mol. The van der Waals surface area contributed by atoms with E-state index in [9.17, 15) is 18.0 Å². The standard InChI is InChI=1S/C23H26N2O4S/c1-14(2)18-7-9-19(10-8-18)22-17(5)23(27)25(30(22,28)29)13-21(26)24-20-11-6-15(3)12-16(20)4/h6-12,14H,13H2,1-5H3,(H,24,26). The van der Waals surface area contributed by atoms with Gasteiger partial charge in [0.25, 0.3) is 15.9 Å². The van der Waals surface area contributed by atoms with Crippen molar-refractivity contribution in [3.8, 4) is 0 Å². The molecule has 2 aromatic rings. The van der Waals surface area contributed by atoms with Gasteiger partial charge in [-0.15, -0.1) is 0 Å². The van der Waals surface area contributed by atoms with Gasteiger partial charge in [-0.2, -0.15) is 0 Å². The van der Waals surface area contributed by atoms with E-state index in [0.29, 0.717) is 21.5 Å². The fourth-order valence-electron chi connectivity index (χ4n) is 3.51. The highest BCUT2D eigenvalue weighted by Gasteiger charge is 2.43. The summed E-state index contributed by atoms with van der Waals surface area (Å²) in [6, 6.07) is 12.7. The Hall–Kier alpha value is -2.93. The molecule has 0 radical (unpaired) electrons. The molecule has 3 rings (SSSR count). The van der Waals surface area contributed by atoms with Crippen molar-refractivity contribution in [2.45, 2.75) is 40.5 Å². The molecule has 30 heavy (non-hydrogen) atoms. The van der Waals surface area contributed by atoms with E-state index in [1.165, 1.54) is 6.92 Å². The molecule has 6 nitrogen and oxygen atoms in total. The molecule has 0 saturated carbocycles. The number of anilines is 1. The van der Waals surface area contributed by atoms with Crippen LogP contribution in [0.5, 0.6) is 0 Å². The van der Waals surface area contributed by atoms with Crippen LogP contribution in [0.15, 0.2) is 48.0 Å². The summed E-state index contributed by atoms with van der Waals surface area (Å²) in [5.41, 5.74) is 4.14. The minimum atomic E-state index is -4.11. The third kappa shape index (κ3) is 4.03. The van der Waals surface area contributed by atoms with Crippen molar-refractivity contribution >= 4 is 32.4 Å². The smallest absolute Gasteiger partial charge is 0.268 e. The van der Waals surface area contributed by atoms with E-state index in [2.05, 4.69) is 5.32 Å². The van der Waals surface area contributed by atoms with Crippen molar-refractivity contribution in [3.05, 3.63) is 70.3 Å². The molecule has 2 amide bonds. The summed E-state index contributed by atoms with van der Waals surface area (Å²) < 4.78 is 26.8. The number of sulfonamides is 1. The molecule has 0 bridgehead atoms. The zero-order chi connectivity index (χ0) is 22.2. The van der Waals surface area contributed by atoms with Crippen LogP contribution in [0.3, 0.4) is 0 Å². The Labute approximate surface area is 177 Å². The Morgan fingerprint density at radius 2 is 1.67 bits per heavy atom. The highest BCUT2D eigenvalue weighted by molar-refractivity contribution is 7.99. The number of benzene rings is 2. The molecule has 0 aliphatic carbocycles. The highest BCUT2D eigenvalue weighted by atomic mass is 32.2. The van der Waals surface area contributed by atoms with E-state index in [4.69, 9.17) is 0 Å². The molecule has 1 aliphatic rings. The van der Waals surface area contributed by atoms with Gasteiger partial charge in [-0.3, -0.25) is 9.59 Å². The van der Waals surface area contributed by atoms with Crippen molar-refractivity contribution in [2.75, 3.05) is 11.9 Å². The summed E-state index contributed by atoms with van der Waals surface area (Å²) in [4.78, 5) is 25.2. The molecule has 0 aromatic heterocycles. The summed E-state index contributed by atoms with van der Waals surface area (Å²) >= 11 is 0. The molecular formula is C23H26N2O4S. The SMILES string of the molecule is CC1=C(c2ccc(C(C)C)cc2)S(=O)(=O)N(CC(=O)Nc2ccc(C)cc2C)C1=O. The van der Waals surface area contributed by atoms with Gasteiger partial charge in [0.1, 0.15) is 11.4 Å². The lowest BCUT2D eigenvalue weighted by molar-refractivity contribution is -0.126. The summed E-state index contributed by atoms with van der Waals surface area (Å²) in [6.45, 7) is 8.80. The van der Waals surface area contributed by atoms with E-state index in [1.54, 1.807) is 18.2 Å². The highest BCUT2D eigenvalue weighted by Crippen LogP contribution is 2.35. The molecule has 0 fully saturated rings. The first kappa shape index (κ1) is 21.8. The number of carbonyl (C=O) groups is 2. The Morgan fingerprint density at radius 1 is 1.03 bits per heavy atom. The number of rotatable bonds is 5. The first-order chi connectivity index (χ1) is 14.0. The fraction of sp³-hybridized carbons (Fsp3) is 0.304. The third-order valence-corrected chi connectivity index (χ3v) is 7.15. The normalized spacial score (nSPS) is 15.8. The van der Waals surface area contributed by atoms with Crippen molar-refractivity contribution in [2.24, 2.45) is 0 Å². The maximum Gasteiger partial charge on any atom is 0.268 e. The largest absolute Gasteiger partial charge is 0.324 e. The molecule has 0 atom stereocenters. The Morgan fingerprint density at radius 3 is 2.23 bits per heavy atom. The summed E-state index contributed by atoms with van der Waals surface area (Å²) in [7, 11) is -4.11. The molecule has 1 heterocycles. The topological polar surface area (TPSA) is 83.6 Å². The molecule has 2 aromatic carbocycles. The van der Waals surface area contributed by atoms with E-state index in [0.717, 1.165) is 16.7 Å². The van der Waals surface area contributed by atoms with E-state index in [-0.39, 0.29) is 10.5 Å². The first-order valence-corrected chi connectivity index (χ1v) is 11.2. The molecule has 1 aliphatic heterocycles. The average Bonchev–Trinajstić information content (AvgIpc) is 2.83. The van der Waals surface area contributed by atoms with Crippen molar-refractivity contribution in [1.82, 2.24) is 4.31 Å². The fourth-order valence-corrected chi connectivity index (χ4v) is 5.28. The van der Waals surface area contributed by atoms with Gasteiger partial charge in [0.05, 0.1) is 0 Å². The number of carbonyl (C=O) groups excluding carboxylic acids is 2. The van der Waals surface area contributed by atoms with Crippen LogP contribution >= 0.6 is 0 Å². The van der Waals surface area contributed by atoms with Gasteiger partial charge < -0.3 is 5.32 Å². The van der Waals surface area contributed by atoms with Crippen molar-refractivity contribution in [3.63, 3.8) is 0 Å². The van der Waals surface area contributed by atoms with Gasteiger partial charge in [-0.05, 0) is 49.4 Å². The van der Waals surface area contributed by atoms with Crippen molar-refractivity contribution in [1.29, 1.82) is 0 Å². The maximum absolute atomic E-state index is 13.1. The number of nitrogens with one attached hydrogen (secondary N) is 1. The minimum Gasteiger partial charge on any atom is -0.324 e. The molecule has 7 heteroatoms. The van der Waals surface area contributed by atoms with Crippen LogP contribution in [0.4, 0.5) is 5.69 Å². The van der Waals surface area contributed by atoms with E-state index < -0.39 is 28.4 Å². The zero-order valence-corrected chi connectivity index (χ0v) is 18.6. The van der Waals surface area contributed by atoms with Crippen LogP contribution in [0, 0.1) is 13.8 Å². The van der Waals surface area contributed by atoms with Gasteiger partial charge >= 0.3 is 0 Å². The number of nitrogens with zero attached hydrogens (tertiary/aromatic N) is 1. The van der Waals surface area contributed by atoms with Crippen LogP contribution in [0.1, 0.15) is 48.9 Å². The molecule has 158 valence electrons. The lowest BCUT2D eigenvalue weighted by atomic mass is 10.0. The Balaban J connectivity index is 1.84. The minimum absolute atomic E-state index is 0.0397. The summed E-state index contributed by atoms with van der Waals surface area (Å²) in [5, 5.41) is 2.70. The number of aryl methyl sites for hydroxylation is 2. The van der Waals surface area contributed by atoms with Gasteiger partial charge in [0.2, 0.25) is 5.91 Å². The van der Waals surface area contributed by atoms with Crippen LogP contribution < -0.4 is 5.32 Å². The Bertz CT molecular complexity index is 1150. The van der Waals surface area contributed by atoms with E-state index in [1.807, 2.05) is 52.0 Å². The molecular weight excluding hydrogens is 400 g/mol. The van der Waals surface area contributed by atoms with E-state index >= 15 is 0 Å². The lowest BCUT2D eigenvalue weighted by Crippen LogP contribution is -2.38. The van der Waals surface area contributed by atoms with Crippen LogP contribution in [0.2, 0.25) is 0 Å². The first-order valence-electron chi connectivity index (χ1n) is 9.77. The predicted molar refractivity (Wildman–Crippen MR) is 118 cm³/mol. The second-order valence-corrected chi connectivity index (χ2v) is 9.71. The second-order valence-electron chi connectivity index (χ2n) is 7.91. The molecule has 0 spiro atoms. The van der Waals surface area contributed by atoms with Crippen molar-refractivity contribution < 1.29 is 18.0 Å². The zero-order valence-electron chi connectivity index (χ0n) is 17.8. The lowest BCUT2D eigenvalue weighted by Gasteiger charge is -2.17.